The van der Waals surface area contributed by atoms with Crippen LogP contribution in [0.5, 0.6) is 0 Å². The van der Waals surface area contributed by atoms with Crippen LogP contribution >= 0.6 is 0 Å². The maximum absolute atomic E-state index is 5.50. The Morgan fingerprint density at radius 3 is 3.00 bits per heavy atom. The zero-order valence-corrected chi connectivity index (χ0v) is 7.71. The molecule has 0 saturated heterocycles. The minimum Gasteiger partial charge on any atom is -0.445 e. The van der Waals surface area contributed by atoms with Gasteiger partial charge in [-0.15, -0.1) is 0 Å². The van der Waals surface area contributed by atoms with Crippen LogP contribution in [0.1, 0.15) is 37.8 Å². The van der Waals surface area contributed by atoms with Gasteiger partial charge < -0.3 is 10.2 Å². The molecule has 0 aliphatic heterocycles. The summed E-state index contributed by atoms with van der Waals surface area (Å²) in [5, 5.41) is 0. The van der Waals surface area contributed by atoms with Crippen LogP contribution in [0.3, 0.4) is 0 Å². The van der Waals surface area contributed by atoms with Gasteiger partial charge >= 0.3 is 0 Å². The zero-order chi connectivity index (χ0) is 8.97. The Hall–Kier alpha value is -0.830. The molecular weight excluding hydrogens is 152 g/mol. The summed E-state index contributed by atoms with van der Waals surface area (Å²) in [6.45, 7) is 4.76. The molecule has 0 spiro atoms. The van der Waals surface area contributed by atoms with Crippen molar-refractivity contribution in [1.82, 2.24) is 4.98 Å². The van der Waals surface area contributed by atoms with Crippen molar-refractivity contribution < 1.29 is 4.42 Å². The Balaban J connectivity index is 2.63. The van der Waals surface area contributed by atoms with Crippen LogP contribution in [0.15, 0.2) is 10.6 Å². The first-order valence-corrected chi connectivity index (χ1v) is 4.42. The Morgan fingerprint density at radius 1 is 1.67 bits per heavy atom. The summed E-state index contributed by atoms with van der Waals surface area (Å²) < 4.78 is 5.49. The summed E-state index contributed by atoms with van der Waals surface area (Å²) in [7, 11) is 0. The van der Waals surface area contributed by atoms with Crippen molar-refractivity contribution in [2.45, 2.75) is 32.6 Å². The minimum absolute atomic E-state index is 0.281. The van der Waals surface area contributed by atoms with Gasteiger partial charge in [-0.1, -0.05) is 13.8 Å². The molecule has 1 aromatic heterocycles. The van der Waals surface area contributed by atoms with Gasteiger partial charge in [-0.3, -0.25) is 0 Å². The summed E-state index contributed by atoms with van der Waals surface area (Å²) in [5.74, 6) is 2.01. The molecule has 1 unspecified atom stereocenters. The fraction of sp³-hybridized carbons (Fsp3) is 0.667. The largest absolute Gasteiger partial charge is 0.445 e. The topological polar surface area (TPSA) is 52.0 Å². The highest BCUT2D eigenvalue weighted by molar-refractivity contribution is 5.00. The second-order valence-corrected chi connectivity index (χ2v) is 3.04. The van der Waals surface area contributed by atoms with Crippen LogP contribution in [0, 0.1) is 0 Å². The van der Waals surface area contributed by atoms with Gasteiger partial charge in [0.05, 0.1) is 6.20 Å². The molecule has 3 nitrogen and oxygen atoms in total. The third kappa shape index (κ3) is 2.08. The average molecular weight is 168 g/mol. The van der Waals surface area contributed by atoms with Crippen molar-refractivity contribution in [2.75, 3.05) is 6.54 Å². The lowest BCUT2D eigenvalue weighted by atomic mass is 10.1. The van der Waals surface area contributed by atoms with Gasteiger partial charge in [0, 0.05) is 18.9 Å². The quantitative estimate of drug-likeness (QED) is 0.744. The Morgan fingerprint density at radius 2 is 2.42 bits per heavy atom. The lowest BCUT2D eigenvalue weighted by Crippen LogP contribution is -2.07. The maximum Gasteiger partial charge on any atom is 0.194 e. The molecule has 12 heavy (non-hydrogen) atoms. The van der Waals surface area contributed by atoms with E-state index in [0.29, 0.717) is 6.54 Å². The molecule has 0 amide bonds. The van der Waals surface area contributed by atoms with Crippen molar-refractivity contribution in [2.24, 2.45) is 5.73 Å². The summed E-state index contributed by atoms with van der Waals surface area (Å²) in [6, 6.07) is 0. The number of aromatic nitrogens is 1. The van der Waals surface area contributed by atoms with E-state index in [1.54, 1.807) is 6.20 Å². The lowest BCUT2D eigenvalue weighted by Gasteiger charge is -2.01. The van der Waals surface area contributed by atoms with E-state index in [4.69, 9.17) is 10.2 Å². The normalized spacial score (nSPS) is 13.2. The molecule has 1 heterocycles. The van der Waals surface area contributed by atoms with E-state index in [1.807, 2.05) is 6.92 Å². The van der Waals surface area contributed by atoms with E-state index < -0.39 is 0 Å². The predicted octanol–water partition coefficient (Wildman–Crippen LogP) is 1.69. The Labute approximate surface area is 73.0 Å². The minimum atomic E-state index is 0.281. The Kier molecular flexibility index (Phi) is 3.29. The molecule has 1 atom stereocenters. The SMILES string of the molecule is CCCc1ncc(C(C)CN)o1. The predicted molar refractivity (Wildman–Crippen MR) is 48.0 cm³/mol. The van der Waals surface area contributed by atoms with E-state index >= 15 is 0 Å². The van der Waals surface area contributed by atoms with Crippen LogP contribution in [-0.2, 0) is 6.42 Å². The average Bonchev–Trinajstić information content (AvgIpc) is 2.52. The third-order valence-corrected chi connectivity index (χ3v) is 1.87. The van der Waals surface area contributed by atoms with E-state index in [-0.39, 0.29) is 5.92 Å². The number of nitrogens with zero attached hydrogens (tertiary/aromatic N) is 1. The van der Waals surface area contributed by atoms with E-state index in [0.717, 1.165) is 24.5 Å². The fourth-order valence-electron chi connectivity index (χ4n) is 0.998. The molecule has 1 aromatic rings. The van der Waals surface area contributed by atoms with Crippen molar-refractivity contribution >= 4 is 0 Å². The summed E-state index contributed by atoms with van der Waals surface area (Å²) in [5.41, 5.74) is 5.50. The van der Waals surface area contributed by atoms with Gasteiger partial charge in [0.15, 0.2) is 5.89 Å². The van der Waals surface area contributed by atoms with Gasteiger partial charge in [-0.2, -0.15) is 0 Å². The number of hydrogen-bond acceptors (Lipinski definition) is 3. The third-order valence-electron chi connectivity index (χ3n) is 1.87. The molecule has 0 aliphatic rings. The van der Waals surface area contributed by atoms with Gasteiger partial charge in [0.1, 0.15) is 5.76 Å². The smallest absolute Gasteiger partial charge is 0.194 e. The van der Waals surface area contributed by atoms with Crippen molar-refractivity contribution in [1.29, 1.82) is 0 Å². The monoisotopic (exact) mass is 168 g/mol. The van der Waals surface area contributed by atoms with Crippen molar-refractivity contribution in [3.8, 4) is 0 Å². The highest BCUT2D eigenvalue weighted by atomic mass is 16.4. The van der Waals surface area contributed by atoms with Crippen LogP contribution in [0.25, 0.3) is 0 Å². The highest BCUT2D eigenvalue weighted by Crippen LogP contribution is 2.15. The van der Waals surface area contributed by atoms with Gasteiger partial charge in [-0.05, 0) is 6.42 Å². The molecule has 0 aliphatic carbocycles. The molecule has 0 saturated carbocycles. The van der Waals surface area contributed by atoms with Crippen molar-refractivity contribution in [3.63, 3.8) is 0 Å². The lowest BCUT2D eigenvalue weighted by molar-refractivity contribution is 0.431. The first kappa shape index (κ1) is 9.26. The second kappa shape index (κ2) is 4.26. The van der Waals surface area contributed by atoms with Crippen LogP contribution in [-0.4, -0.2) is 11.5 Å². The molecule has 0 aromatic carbocycles. The molecule has 0 bridgehead atoms. The maximum atomic E-state index is 5.50. The summed E-state index contributed by atoms with van der Waals surface area (Å²) in [6.07, 6.45) is 3.76. The second-order valence-electron chi connectivity index (χ2n) is 3.04. The summed E-state index contributed by atoms with van der Waals surface area (Å²) >= 11 is 0. The van der Waals surface area contributed by atoms with E-state index in [1.165, 1.54) is 0 Å². The standard InChI is InChI=1S/C9H16N2O/c1-3-4-9-11-6-8(12-9)7(2)5-10/h6-7H,3-5,10H2,1-2H3. The van der Waals surface area contributed by atoms with Gasteiger partial charge in [0.25, 0.3) is 0 Å². The fourth-order valence-corrected chi connectivity index (χ4v) is 0.998. The molecule has 1 rings (SSSR count). The van der Waals surface area contributed by atoms with Crippen molar-refractivity contribution in [3.05, 3.63) is 17.8 Å². The molecule has 68 valence electrons. The highest BCUT2D eigenvalue weighted by Gasteiger charge is 2.08. The number of aryl methyl sites for hydroxylation is 1. The molecule has 3 heteroatoms. The van der Waals surface area contributed by atoms with Crippen LogP contribution in [0.4, 0.5) is 0 Å². The summed E-state index contributed by atoms with van der Waals surface area (Å²) in [4.78, 5) is 4.15. The molecule has 2 N–H and O–H groups in total. The number of hydrogen-bond donors (Lipinski definition) is 1. The molecular formula is C9H16N2O. The zero-order valence-electron chi connectivity index (χ0n) is 7.71. The van der Waals surface area contributed by atoms with Gasteiger partial charge in [0.2, 0.25) is 0 Å². The van der Waals surface area contributed by atoms with Crippen LogP contribution in [0.2, 0.25) is 0 Å². The van der Waals surface area contributed by atoms with Crippen LogP contribution < -0.4 is 5.73 Å². The number of nitrogens with two attached hydrogens (primary N) is 1. The van der Waals surface area contributed by atoms with E-state index in [9.17, 15) is 0 Å². The number of rotatable bonds is 4. The first-order valence-electron chi connectivity index (χ1n) is 4.42. The first-order chi connectivity index (χ1) is 5.77. The Bertz CT molecular complexity index is 232. The van der Waals surface area contributed by atoms with E-state index in [2.05, 4.69) is 11.9 Å². The van der Waals surface area contributed by atoms with Gasteiger partial charge in [-0.25, -0.2) is 4.98 Å². The molecule has 0 fully saturated rings. The molecule has 0 radical (unpaired) electrons. The number of oxazole rings is 1.